The first-order valence-corrected chi connectivity index (χ1v) is 11.0. The summed E-state index contributed by atoms with van der Waals surface area (Å²) in [5, 5.41) is 6.27. The average Bonchev–Trinajstić information content (AvgIpc) is 2.95. The summed E-state index contributed by atoms with van der Waals surface area (Å²) in [6, 6.07) is 16.8. The topological polar surface area (TPSA) is 70.2 Å². The summed E-state index contributed by atoms with van der Waals surface area (Å²) in [5.41, 5.74) is 5.50. The van der Waals surface area contributed by atoms with E-state index in [1.165, 1.54) is 37.8 Å². The van der Waals surface area contributed by atoms with Gasteiger partial charge in [-0.15, -0.1) is 0 Å². The number of anilines is 4. The van der Waals surface area contributed by atoms with E-state index in [4.69, 9.17) is 4.98 Å². The molecule has 1 fully saturated rings. The Balaban J connectivity index is 1.37. The molecule has 0 unspecified atom stereocenters. The standard InChI is InChI=1S/C25H27N5O/c1-30(19-7-3-2-4-8-19)20-13-11-18(12-14-20)27-25-26-16-17-15-23(31)28-22-10-6-5-9-21(22)24(17)29-25/h5-6,9-14,16,19H,2-4,7-8,15H2,1H3,(H,28,31)(H,26,27,29). The first-order chi connectivity index (χ1) is 15.2. The summed E-state index contributed by atoms with van der Waals surface area (Å²) in [4.78, 5) is 23.8. The van der Waals surface area contributed by atoms with E-state index in [1.807, 2.05) is 24.3 Å². The molecule has 0 spiro atoms. The molecular weight excluding hydrogens is 386 g/mol. The molecule has 0 radical (unpaired) electrons. The Bertz CT molecular complexity index is 1090. The molecular formula is C25H27N5O. The number of nitrogens with zero attached hydrogens (tertiary/aromatic N) is 3. The van der Waals surface area contributed by atoms with E-state index in [-0.39, 0.29) is 12.3 Å². The summed E-state index contributed by atoms with van der Waals surface area (Å²) in [5.74, 6) is 0.476. The normalized spacial score (nSPS) is 16.0. The smallest absolute Gasteiger partial charge is 0.228 e. The highest BCUT2D eigenvalue weighted by molar-refractivity contribution is 5.99. The second-order valence-corrected chi connectivity index (χ2v) is 8.41. The lowest BCUT2D eigenvalue weighted by Gasteiger charge is -2.33. The van der Waals surface area contributed by atoms with Crippen LogP contribution in [0.3, 0.4) is 0 Å². The van der Waals surface area contributed by atoms with E-state index in [0.29, 0.717) is 12.0 Å². The number of amides is 1. The third kappa shape index (κ3) is 4.10. The number of hydrogen-bond donors (Lipinski definition) is 2. The van der Waals surface area contributed by atoms with Crippen molar-refractivity contribution in [3.05, 3.63) is 60.3 Å². The molecule has 2 aromatic carbocycles. The molecule has 5 rings (SSSR count). The van der Waals surface area contributed by atoms with Gasteiger partial charge in [-0.25, -0.2) is 9.97 Å². The van der Waals surface area contributed by atoms with Crippen molar-refractivity contribution in [2.24, 2.45) is 0 Å². The highest BCUT2D eigenvalue weighted by atomic mass is 16.1. The predicted molar refractivity (Wildman–Crippen MR) is 125 cm³/mol. The van der Waals surface area contributed by atoms with Gasteiger partial charge in [-0.3, -0.25) is 4.79 Å². The molecule has 1 aliphatic carbocycles. The molecule has 1 amide bonds. The lowest BCUT2D eigenvalue weighted by molar-refractivity contribution is -0.115. The van der Waals surface area contributed by atoms with Crippen LogP contribution >= 0.6 is 0 Å². The summed E-state index contributed by atoms with van der Waals surface area (Å²) < 4.78 is 0. The van der Waals surface area contributed by atoms with Crippen molar-refractivity contribution in [2.75, 3.05) is 22.6 Å². The van der Waals surface area contributed by atoms with Gasteiger partial charge < -0.3 is 15.5 Å². The minimum Gasteiger partial charge on any atom is -0.372 e. The second kappa shape index (κ2) is 8.38. The van der Waals surface area contributed by atoms with E-state index in [0.717, 1.165) is 28.2 Å². The molecule has 0 saturated heterocycles. The number of aromatic nitrogens is 2. The first-order valence-electron chi connectivity index (χ1n) is 11.0. The molecule has 1 aromatic heterocycles. The molecule has 0 atom stereocenters. The van der Waals surface area contributed by atoms with Crippen LogP contribution in [0.5, 0.6) is 0 Å². The van der Waals surface area contributed by atoms with E-state index in [1.54, 1.807) is 6.20 Å². The number of benzene rings is 2. The lowest BCUT2D eigenvalue weighted by Crippen LogP contribution is -2.33. The quantitative estimate of drug-likeness (QED) is 0.619. The van der Waals surface area contributed by atoms with Crippen LogP contribution in [0.1, 0.15) is 37.7 Å². The molecule has 6 heteroatoms. The summed E-state index contributed by atoms with van der Waals surface area (Å²) in [6.07, 6.45) is 8.59. The Morgan fingerprint density at radius 1 is 1.03 bits per heavy atom. The molecule has 2 aliphatic rings. The Hall–Kier alpha value is -3.41. The van der Waals surface area contributed by atoms with Crippen molar-refractivity contribution in [1.82, 2.24) is 9.97 Å². The molecule has 3 aromatic rings. The van der Waals surface area contributed by atoms with Gasteiger partial charge in [-0.05, 0) is 43.2 Å². The van der Waals surface area contributed by atoms with Gasteiger partial charge in [0.05, 0.1) is 17.8 Å². The van der Waals surface area contributed by atoms with E-state index >= 15 is 0 Å². The van der Waals surface area contributed by atoms with Gasteiger partial charge in [0.1, 0.15) is 0 Å². The molecule has 1 saturated carbocycles. The number of rotatable bonds is 4. The summed E-state index contributed by atoms with van der Waals surface area (Å²) in [7, 11) is 2.20. The van der Waals surface area contributed by atoms with Crippen molar-refractivity contribution >= 4 is 28.9 Å². The first kappa shape index (κ1) is 19.5. The van der Waals surface area contributed by atoms with Gasteiger partial charge in [0.25, 0.3) is 0 Å². The maximum Gasteiger partial charge on any atom is 0.228 e. The number of carbonyl (C=O) groups is 1. The van der Waals surface area contributed by atoms with Crippen LogP contribution in [0.2, 0.25) is 0 Å². The van der Waals surface area contributed by atoms with Crippen molar-refractivity contribution in [1.29, 1.82) is 0 Å². The number of hydrogen-bond acceptors (Lipinski definition) is 5. The van der Waals surface area contributed by atoms with Gasteiger partial charge in [-0.2, -0.15) is 0 Å². The Morgan fingerprint density at radius 2 is 1.81 bits per heavy atom. The highest BCUT2D eigenvalue weighted by Crippen LogP contribution is 2.33. The largest absolute Gasteiger partial charge is 0.372 e. The Labute approximate surface area is 182 Å². The van der Waals surface area contributed by atoms with Crippen molar-refractivity contribution < 1.29 is 4.79 Å². The number of fused-ring (bicyclic) bond motifs is 3. The van der Waals surface area contributed by atoms with Crippen molar-refractivity contribution in [3.8, 4) is 11.3 Å². The van der Waals surface area contributed by atoms with Gasteiger partial charge in [0.15, 0.2) is 0 Å². The molecule has 2 N–H and O–H groups in total. The van der Waals surface area contributed by atoms with Crippen LogP contribution in [0.4, 0.5) is 23.0 Å². The number of nitrogens with one attached hydrogen (secondary N) is 2. The molecule has 31 heavy (non-hydrogen) atoms. The van der Waals surface area contributed by atoms with Crippen LogP contribution in [-0.2, 0) is 11.2 Å². The van der Waals surface area contributed by atoms with E-state index in [9.17, 15) is 4.79 Å². The second-order valence-electron chi connectivity index (χ2n) is 8.41. The van der Waals surface area contributed by atoms with E-state index in [2.05, 4.69) is 51.8 Å². The van der Waals surface area contributed by atoms with Gasteiger partial charge in [0.2, 0.25) is 11.9 Å². The molecule has 0 bridgehead atoms. The lowest BCUT2D eigenvalue weighted by atomic mass is 9.94. The zero-order valence-corrected chi connectivity index (χ0v) is 17.8. The fourth-order valence-corrected chi connectivity index (χ4v) is 4.58. The van der Waals surface area contributed by atoms with Crippen LogP contribution in [-0.4, -0.2) is 29.0 Å². The maximum atomic E-state index is 12.2. The van der Waals surface area contributed by atoms with Crippen molar-refractivity contribution in [3.63, 3.8) is 0 Å². The van der Waals surface area contributed by atoms with Crippen LogP contribution in [0.25, 0.3) is 11.3 Å². The molecule has 1 aliphatic heterocycles. The zero-order chi connectivity index (χ0) is 21.2. The SMILES string of the molecule is CN(c1ccc(Nc2ncc3c(n2)-c2ccccc2NC(=O)C3)cc1)C1CCCCC1. The fourth-order valence-electron chi connectivity index (χ4n) is 4.58. The zero-order valence-electron chi connectivity index (χ0n) is 17.8. The Morgan fingerprint density at radius 3 is 2.61 bits per heavy atom. The number of carbonyl (C=O) groups excluding carboxylic acids is 1. The van der Waals surface area contributed by atoms with Gasteiger partial charge >= 0.3 is 0 Å². The van der Waals surface area contributed by atoms with Crippen LogP contribution < -0.4 is 15.5 Å². The van der Waals surface area contributed by atoms with Gasteiger partial charge in [-0.1, -0.05) is 37.5 Å². The Kier molecular flexibility index (Phi) is 5.28. The monoisotopic (exact) mass is 413 g/mol. The van der Waals surface area contributed by atoms with Crippen LogP contribution in [0.15, 0.2) is 54.7 Å². The molecule has 158 valence electrons. The minimum absolute atomic E-state index is 0.0480. The average molecular weight is 414 g/mol. The van der Waals surface area contributed by atoms with Crippen molar-refractivity contribution in [2.45, 2.75) is 44.6 Å². The summed E-state index contributed by atoms with van der Waals surface area (Å²) in [6.45, 7) is 0. The predicted octanol–water partition coefficient (Wildman–Crippen LogP) is 5.15. The molecule has 6 nitrogen and oxygen atoms in total. The summed E-state index contributed by atoms with van der Waals surface area (Å²) >= 11 is 0. The van der Waals surface area contributed by atoms with Gasteiger partial charge in [0, 0.05) is 41.8 Å². The fraction of sp³-hybridized carbons (Fsp3) is 0.320. The minimum atomic E-state index is -0.0480. The third-order valence-electron chi connectivity index (χ3n) is 6.32. The highest BCUT2D eigenvalue weighted by Gasteiger charge is 2.21. The number of para-hydroxylation sites is 1. The molecule has 2 heterocycles. The van der Waals surface area contributed by atoms with E-state index < -0.39 is 0 Å². The third-order valence-corrected chi connectivity index (χ3v) is 6.32. The maximum absolute atomic E-state index is 12.2. The van der Waals surface area contributed by atoms with Crippen LogP contribution in [0, 0.1) is 0 Å².